The minimum atomic E-state index is -1.01. The molecule has 0 saturated heterocycles. The first-order chi connectivity index (χ1) is 5.66. The van der Waals surface area contributed by atoms with Crippen molar-refractivity contribution in [2.24, 2.45) is 0 Å². The molecule has 1 heterocycles. The smallest absolute Gasteiger partial charge is 0.304 e. The van der Waals surface area contributed by atoms with Crippen molar-refractivity contribution < 1.29 is 13.6 Å². The van der Waals surface area contributed by atoms with Gasteiger partial charge in [-0.3, -0.25) is 0 Å². The van der Waals surface area contributed by atoms with Crippen LogP contribution in [0.1, 0.15) is 0 Å². The van der Waals surface area contributed by atoms with Gasteiger partial charge in [0.1, 0.15) is 0 Å². The average Bonchev–Trinajstić information content (AvgIpc) is 2.30. The number of hydrogen-bond acceptors (Lipinski definition) is 1. The van der Waals surface area contributed by atoms with Gasteiger partial charge in [0, 0.05) is 12.1 Å². The van der Waals surface area contributed by atoms with Gasteiger partial charge in [-0.15, -0.1) is 0 Å². The SMILES string of the molecule is O=C1[N]c2cc(F)c(F)cc2N1. The van der Waals surface area contributed by atoms with Gasteiger partial charge >= 0.3 is 6.03 Å². The third kappa shape index (κ3) is 0.903. The second-order valence-electron chi connectivity index (χ2n) is 2.33. The molecule has 12 heavy (non-hydrogen) atoms. The monoisotopic (exact) mass is 169 g/mol. The van der Waals surface area contributed by atoms with Gasteiger partial charge in [-0.05, 0) is 0 Å². The Morgan fingerprint density at radius 2 is 1.92 bits per heavy atom. The fourth-order valence-corrected chi connectivity index (χ4v) is 0.982. The normalized spacial score (nSPS) is 13.7. The molecule has 61 valence electrons. The molecule has 0 fully saturated rings. The van der Waals surface area contributed by atoms with E-state index < -0.39 is 17.7 Å². The number of halogens is 2. The molecule has 0 aliphatic carbocycles. The van der Waals surface area contributed by atoms with Crippen molar-refractivity contribution >= 4 is 17.4 Å². The molecule has 1 aromatic rings. The number of urea groups is 1. The molecular weight excluding hydrogens is 166 g/mol. The van der Waals surface area contributed by atoms with Crippen LogP contribution in [0.15, 0.2) is 12.1 Å². The van der Waals surface area contributed by atoms with E-state index in [2.05, 4.69) is 10.6 Å². The predicted octanol–water partition coefficient (Wildman–Crippen LogP) is 1.75. The molecule has 1 N–H and O–H groups in total. The zero-order valence-corrected chi connectivity index (χ0v) is 5.77. The summed E-state index contributed by atoms with van der Waals surface area (Å²) in [4.78, 5) is 10.6. The van der Waals surface area contributed by atoms with E-state index in [4.69, 9.17) is 0 Å². The van der Waals surface area contributed by atoms with Crippen LogP contribution >= 0.6 is 0 Å². The fraction of sp³-hybridized carbons (Fsp3) is 0. The number of amides is 2. The third-order valence-corrected chi connectivity index (χ3v) is 1.50. The van der Waals surface area contributed by atoms with Crippen LogP contribution in [0.5, 0.6) is 0 Å². The van der Waals surface area contributed by atoms with Gasteiger partial charge < -0.3 is 5.32 Å². The summed E-state index contributed by atoms with van der Waals surface area (Å²) in [5.41, 5.74) is 0.345. The van der Waals surface area contributed by atoms with Gasteiger partial charge in [-0.25, -0.2) is 13.6 Å². The molecule has 1 radical (unpaired) electrons. The van der Waals surface area contributed by atoms with Gasteiger partial charge in [0.05, 0.1) is 11.4 Å². The maximum atomic E-state index is 12.5. The minimum absolute atomic E-state index is 0.138. The molecule has 2 amide bonds. The van der Waals surface area contributed by atoms with Crippen LogP contribution in [0.2, 0.25) is 0 Å². The Morgan fingerprint density at radius 3 is 2.67 bits per heavy atom. The largest absolute Gasteiger partial charge is 0.346 e. The molecule has 0 bridgehead atoms. The van der Waals surface area contributed by atoms with Crippen molar-refractivity contribution in [2.45, 2.75) is 0 Å². The van der Waals surface area contributed by atoms with Crippen molar-refractivity contribution in [3.8, 4) is 0 Å². The van der Waals surface area contributed by atoms with E-state index in [1.165, 1.54) is 0 Å². The Labute approximate surface area is 66.4 Å². The maximum absolute atomic E-state index is 12.5. The van der Waals surface area contributed by atoms with Crippen LogP contribution in [0, 0.1) is 11.6 Å². The van der Waals surface area contributed by atoms with E-state index in [1.807, 2.05) is 0 Å². The van der Waals surface area contributed by atoms with E-state index in [-0.39, 0.29) is 11.4 Å². The summed E-state index contributed by atoms with van der Waals surface area (Å²) >= 11 is 0. The Balaban J connectivity index is 2.55. The number of nitrogens with one attached hydrogen (secondary N) is 1. The summed E-state index contributed by atoms with van der Waals surface area (Å²) in [7, 11) is 0. The van der Waals surface area contributed by atoms with Crippen molar-refractivity contribution in [3.05, 3.63) is 23.8 Å². The number of rotatable bonds is 0. The molecule has 0 atom stereocenters. The average molecular weight is 169 g/mol. The summed E-state index contributed by atoms with van der Waals surface area (Å²) in [5, 5.41) is 5.65. The van der Waals surface area contributed by atoms with Crippen molar-refractivity contribution in [1.29, 1.82) is 0 Å². The topological polar surface area (TPSA) is 43.2 Å². The highest BCUT2D eigenvalue weighted by Gasteiger charge is 2.21. The number of fused-ring (bicyclic) bond motifs is 1. The lowest BCUT2D eigenvalue weighted by atomic mass is 10.2. The molecule has 0 unspecified atom stereocenters. The van der Waals surface area contributed by atoms with E-state index in [0.29, 0.717) is 0 Å². The third-order valence-electron chi connectivity index (χ3n) is 1.50. The number of carbonyl (C=O) groups is 1. The highest BCUT2D eigenvalue weighted by molar-refractivity contribution is 6.01. The fourth-order valence-electron chi connectivity index (χ4n) is 0.982. The number of nitrogens with zero attached hydrogens (tertiary/aromatic N) is 1. The molecule has 1 aromatic carbocycles. The maximum Gasteiger partial charge on any atom is 0.346 e. The summed E-state index contributed by atoms with van der Waals surface area (Å²) in [6.45, 7) is 0. The lowest BCUT2D eigenvalue weighted by Crippen LogP contribution is -2.08. The number of benzene rings is 1. The van der Waals surface area contributed by atoms with E-state index in [1.54, 1.807) is 0 Å². The van der Waals surface area contributed by atoms with E-state index in [0.717, 1.165) is 12.1 Å². The van der Waals surface area contributed by atoms with Gasteiger partial charge in [0.2, 0.25) is 0 Å². The van der Waals surface area contributed by atoms with Gasteiger partial charge in [-0.2, -0.15) is 5.32 Å². The van der Waals surface area contributed by atoms with Crippen LogP contribution in [0.25, 0.3) is 0 Å². The second-order valence-corrected chi connectivity index (χ2v) is 2.33. The van der Waals surface area contributed by atoms with E-state index in [9.17, 15) is 13.6 Å². The molecule has 0 spiro atoms. The molecule has 2 rings (SSSR count). The van der Waals surface area contributed by atoms with Crippen molar-refractivity contribution in [1.82, 2.24) is 5.32 Å². The first kappa shape index (κ1) is 7.02. The molecule has 5 heteroatoms. The first-order valence-corrected chi connectivity index (χ1v) is 3.18. The Morgan fingerprint density at radius 1 is 1.25 bits per heavy atom. The standard InChI is InChI=1S/C7H3F2N2O/c8-3-1-5-6(2-4(3)9)11-7(12)10-5/h1-2H,(H,10,12). The zero-order chi connectivity index (χ0) is 8.72. The molecule has 0 aromatic heterocycles. The van der Waals surface area contributed by atoms with Crippen LogP contribution in [-0.2, 0) is 0 Å². The lowest BCUT2D eigenvalue weighted by Gasteiger charge is -1.96. The zero-order valence-electron chi connectivity index (χ0n) is 5.77. The molecular formula is C7H3F2N2O. The molecule has 1 aliphatic rings. The number of carbonyl (C=O) groups excluding carboxylic acids is 1. The highest BCUT2D eigenvalue weighted by Crippen LogP contribution is 2.29. The van der Waals surface area contributed by atoms with Crippen LogP contribution < -0.4 is 10.6 Å². The predicted molar refractivity (Wildman–Crippen MR) is 37.2 cm³/mol. The molecule has 3 nitrogen and oxygen atoms in total. The van der Waals surface area contributed by atoms with Gasteiger partial charge in [-0.1, -0.05) is 0 Å². The Bertz CT molecular complexity index is 332. The quantitative estimate of drug-likeness (QED) is 0.631. The van der Waals surface area contributed by atoms with Crippen LogP contribution in [-0.4, -0.2) is 6.03 Å². The van der Waals surface area contributed by atoms with Crippen LogP contribution in [0.3, 0.4) is 0 Å². The van der Waals surface area contributed by atoms with E-state index >= 15 is 0 Å². The molecule has 1 aliphatic heterocycles. The molecule has 0 saturated carbocycles. The van der Waals surface area contributed by atoms with Crippen molar-refractivity contribution in [2.75, 3.05) is 5.32 Å². The summed E-state index contributed by atoms with van der Waals surface area (Å²) in [5.74, 6) is -2.00. The summed E-state index contributed by atoms with van der Waals surface area (Å²) in [6, 6.07) is 1.18. The lowest BCUT2D eigenvalue weighted by molar-refractivity contribution is 0.256. The number of anilines is 1. The summed E-state index contributed by atoms with van der Waals surface area (Å²) in [6.07, 6.45) is 0. The highest BCUT2D eigenvalue weighted by atomic mass is 19.2. The van der Waals surface area contributed by atoms with Gasteiger partial charge in [0.15, 0.2) is 11.6 Å². The van der Waals surface area contributed by atoms with Gasteiger partial charge in [0.25, 0.3) is 0 Å². The van der Waals surface area contributed by atoms with Crippen molar-refractivity contribution in [3.63, 3.8) is 0 Å². The second kappa shape index (κ2) is 2.17. The Kier molecular flexibility index (Phi) is 1.27. The van der Waals surface area contributed by atoms with Crippen LogP contribution in [0.4, 0.5) is 25.0 Å². The first-order valence-electron chi connectivity index (χ1n) is 3.18. The summed E-state index contributed by atoms with van der Waals surface area (Å²) < 4.78 is 25.1. The minimum Gasteiger partial charge on any atom is -0.304 e. The Hall–Kier alpha value is -1.65. The number of hydrogen-bond donors (Lipinski definition) is 1.